The Bertz CT molecular complexity index is 914. The zero-order chi connectivity index (χ0) is 16.0. The molecule has 1 fully saturated rings. The summed E-state index contributed by atoms with van der Waals surface area (Å²) in [6.45, 7) is 2.04. The number of anilines is 2. The maximum absolute atomic E-state index is 11.8. The summed E-state index contributed by atoms with van der Waals surface area (Å²) in [6, 6.07) is 9.68. The zero-order valence-electron chi connectivity index (χ0n) is 12.7. The van der Waals surface area contributed by atoms with E-state index < -0.39 is 0 Å². The fourth-order valence-corrected chi connectivity index (χ4v) is 3.33. The maximum Gasteiger partial charge on any atom is 0.229 e. The van der Waals surface area contributed by atoms with Gasteiger partial charge in [-0.25, -0.2) is 9.97 Å². The second-order valence-electron chi connectivity index (χ2n) is 5.88. The third kappa shape index (κ3) is 2.77. The Labute approximate surface area is 137 Å². The number of rotatable bonds is 3. The summed E-state index contributed by atoms with van der Waals surface area (Å²) in [5.41, 5.74) is 10.4. The molecule has 0 atom stereocenters. The average Bonchev–Trinajstić information content (AvgIpc) is 3.30. The van der Waals surface area contributed by atoms with Gasteiger partial charge < -0.3 is 11.1 Å². The van der Waals surface area contributed by atoms with Crippen LogP contribution in [0.25, 0.3) is 21.6 Å². The predicted octanol–water partition coefficient (Wildman–Crippen LogP) is 3.60. The largest absolute Gasteiger partial charge is 0.399 e. The van der Waals surface area contributed by atoms with E-state index in [0.717, 1.165) is 40.0 Å². The molecule has 4 rings (SSSR count). The number of nitrogen functional groups attached to an aromatic ring is 1. The van der Waals surface area contributed by atoms with Crippen LogP contribution in [-0.4, -0.2) is 15.9 Å². The highest BCUT2D eigenvalue weighted by Crippen LogP contribution is 2.33. The molecule has 3 aromatic rings. The van der Waals surface area contributed by atoms with Crippen molar-refractivity contribution in [1.29, 1.82) is 0 Å². The van der Waals surface area contributed by atoms with E-state index in [1.54, 1.807) is 0 Å². The van der Waals surface area contributed by atoms with Crippen LogP contribution in [0.2, 0.25) is 0 Å². The van der Waals surface area contributed by atoms with Gasteiger partial charge in [-0.1, -0.05) is 17.4 Å². The number of aromatic nitrogens is 2. The molecule has 23 heavy (non-hydrogen) atoms. The SMILES string of the molecule is Cc1ccc(N)cc1-c1ccc2nc(NC(=O)C3CC3)sc2n1. The van der Waals surface area contributed by atoms with Crippen molar-refractivity contribution in [2.75, 3.05) is 11.1 Å². The fraction of sp³-hybridized carbons (Fsp3) is 0.235. The molecule has 2 aromatic heterocycles. The minimum atomic E-state index is 0.0657. The monoisotopic (exact) mass is 324 g/mol. The number of amides is 1. The van der Waals surface area contributed by atoms with E-state index >= 15 is 0 Å². The molecule has 6 heteroatoms. The lowest BCUT2D eigenvalue weighted by atomic mass is 10.0. The summed E-state index contributed by atoms with van der Waals surface area (Å²) in [4.78, 5) is 21.8. The molecule has 0 spiro atoms. The first-order chi connectivity index (χ1) is 11.1. The van der Waals surface area contributed by atoms with Crippen molar-refractivity contribution in [1.82, 2.24) is 9.97 Å². The Balaban J connectivity index is 1.69. The fourth-order valence-electron chi connectivity index (χ4n) is 2.49. The van der Waals surface area contributed by atoms with Gasteiger partial charge in [-0.3, -0.25) is 4.79 Å². The molecule has 0 radical (unpaired) electrons. The van der Waals surface area contributed by atoms with Gasteiger partial charge in [0.2, 0.25) is 5.91 Å². The number of nitrogens with zero attached hydrogens (tertiary/aromatic N) is 2. The van der Waals surface area contributed by atoms with E-state index in [-0.39, 0.29) is 11.8 Å². The summed E-state index contributed by atoms with van der Waals surface area (Å²) in [6.07, 6.45) is 1.96. The molecule has 0 saturated heterocycles. The van der Waals surface area contributed by atoms with Gasteiger partial charge in [0.15, 0.2) is 5.13 Å². The Morgan fingerprint density at radius 3 is 2.87 bits per heavy atom. The number of nitrogens with one attached hydrogen (secondary N) is 1. The van der Waals surface area contributed by atoms with Crippen molar-refractivity contribution < 1.29 is 4.79 Å². The Morgan fingerprint density at radius 1 is 1.26 bits per heavy atom. The molecule has 1 aliphatic rings. The first-order valence-electron chi connectivity index (χ1n) is 7.55. The molecular formula is C17H16N4OS. The van der Waals surface area contributed by atoms with Crippen LogP contribution >= 0.6 is 11.3 Å². The first kappa shape index (κ1) is 14.1. The van der Waals surface area contributed by atoms with E-state index in [1.165, 1.54) is 11.3 Å². The maximum atomic E-state index is 11.8. The number of benzene rings is 1. The second-order valence-corrected chi connectivity index (χ2v) is 6.86. The first-order valence-corrected chi connectivity index (χ1v) is 8.37. The molecular weight excluding hydrogens is 308 g/mol. The van der Waals surface area contributed by atoms with Crippen LogP contribution in [-0.2, 0) is 4.79 Å². The Kier molecular flexibility index (Phi) is 3.27. The van der Waals surface area contributed by atoms with E-state index in [4.69, 9.17) is 5.73 Å². The van der Waals surface area contributed by atoms with Crippen LogP contribution < -0.4 is 11.1 Å². The number of aryl methyl sites for hydroxylation is 1. The lowest BCUT2D eigenvalue weighted by molar-refractivity contribution is -0.117. The molecule has 3 N–H and O–H groups in total. The normalized spacial score (nSPS) is 14.1. The van der Waals surface area contributed by atoms with Crippen molar-refractivity contribution in [3.63, 3.8) is 0 Å². The standard InChI is InChI=1S/C17H16N4OS/c1-9-2-5-11(18)8-12(9)13-6-7-14-16(19-13)23-17(20-14)21-15(22)10-3-4-10/h2,5-8,10H,3-4,18H2,1H3,(H,20,21,22). The van der Waals surface area contributed by atoms with Gasteiger partial charge in [-0.2, -0.15) is 0 Å². The van der Waals surface area contributed by atoms with Crippen LogP contribution in [0, 0.1) is 12.8 Å². The number of thiazole rings is 1. The van der Waals surface area contributed by atoms with Gasteiger partial charge in [-0.15, -0.1) is 0 Å². The van der Waals surface area contributed by atoms with Crippen molar-refractivity contribution in [2.24, 2.45) is 5.92 Å². The van der Waals surface area contributed by atoms with Gasteiger partial charge in [0, 0.05) is 17.2 Å². The van der Waals surface area contributed by atoms with Crippen molar-refractivity contribution >= 4 is 38.4 Å². The molecule has 1 aliphatic carbocycles. The highest BCUT2D eigenvalue weighted by molar-refractivity contribution is 7.22. The predicted molar refractivity (Wildman–Crippen MR) is 93.4 cm³/mol. The molecule has 1 saturated carbocycles. The topological polar surface area (TPSA) is 80.9 Å². The zero-order valence-corrected chi connectivity index (χ0v) is 13.5. The molecule has 0 aliphatic heterocycles. The van der Waals surface area contributed by atoms with Crippen molar-refractivity contribution in [3.8, 4) is 11.3 Å². The van der Waals surface area contributed by atoms with E-state index in [9.17, 15) is 4.79 Å². The lowest BCUT2D eigenvalue weighted by Crippen LogP contribution is -2.12. The number of hydrogen-bond donors (Lipinski definition) is 2. The summed E-state index contributed by atoms with van der Waals surface area (Å²) >= 11 is 1.40. The van der Waals surface area contributed by atoms with Crippen LogP contribution in [0.3, 0.4) is 0 Å². The highest BCUT2D eigenvalue weighted by atomic mass is 32.1. The van der Waals surface area contributed by atoms with Gasteiger partial charge in [-0.05, 0) is 49.6 Å². The van der Waals surface area contributed by atoms with Crippen LogP contribution in [0.15, 0.2) is 30.3 Å². The van der Waals surface area contributed by atoms with Gasteiger partial charge in [0.1, 0.15) is 10.3 Å². The average molecular weight is 324 g/mol. The minimum Gasteiger partial charge on any atom is -0.399 e. The number of nitrogens with two attached hydrogens (primary N) is 1. The summed E-state index contributed by atoms with van der Waals surface area (Å²) in [7, 11) is 0. The van der Waals surface area contributed by atoms with E-state index in [0.29, 0.717) is 10.8 Å². The van der Waals surface area contributed by atoms with Gasteiger partial charge >= 0.3 is 0 Å². The third-order valence-corrected chi connectivity index (χ3v) is 4.85. The highest BCUT2D eigenvalue weighted by Gasteiger charge is 2.30. The number of carbonyl (C=O) groups excluding carboxylic acids is 1. The Hall–Kier alpha value is -2.47. The second kappa shape index (κ2) is 5.31. The van der Waals surface area contributed by atoms with Crippen molar-refractivity contribution in [2.45, 2.75) is 19.8 Å². The van der Waals surface area contributed by atoms with Crippen molar-refractivity contribution in [3.05, 3.63) is 35.9 Å². The summed E-state index contributed by atoms with van der Waals surface area (Å²) in [5, 5.41) is 3.50. The molecule has 1 amide bonds. The molecule has 5 nitrogen and oxygen atoms in total. The number of hydrogen-bond acceptors (Lipinski definition) is 5. The number of carbonyl (C=O) groups is 1. The van der Waals surface area contributed by atoms with E-state index in [1.807, 2.05) is 37.3 Å². The molecule has 2 heterocycles. The summed E-state index contributed by atoms with van der Waals surface area (Å²) < 4.78 is 0. The lowest BCUT2D eigenvalue weighted by Gasteiger charge is -2.06. The molecule has 0 bridgehead atoms. The number of fused-ring (bicyclic) bond motifs is 1. The molecule has 1 aromatic carbocycles. The Morgan fingerprint density at radius 2 is 2.09 bits per heavy atom. The third-order valence-electron chi connectivity index (χ3n) is 3.97. The van der Waals surface area contributed by atoms with Gasteiger partial charge in [0.25, 0.3) is 0 Å². The molecule has 0 unspecified atom stereocenters. The minimum absolute atomic E-state index is 0.0657. The van der Waals surface area contributed by atoms with E-state index in [2.05, 4.69) is 15.3 Å². The smallest absolute Gasteiger partial charge is 0.229 e. The number of pyridine rings is 1. The van der Waals surface area contributed by atoms with Gasteiger partial charge in [0.05, 0.1) is 5.69 Å². The quantitative estimate of drug-likeness (QED) is 0.721. The van der Waals surface area contributed by atoms with Crippen LogP contribution in [0.1, 0.15) is 18.4 Å². The summed E-state index contributed by atoms with van der Waals surface area (Å²) in [5.74, 6) is 0.233. The molecule has 116 valence electrons. The van der Waals surface area contributed by atoms with Crippen LogP contribution in [0.4, 0.5) is 10.8 Å². The van der Waals surface area contributed by atoms with Crippen LogP contribution in [0.5, 0.6) is 0 Å².